The second-order valence-corrected chi connectivity index (χ2v) is 16.5. The number of Topliss-reactive ketones (excluding diaryl/α,β-unsaturated/α-hetero) is 1. The van der Waals surface area contributed by atoms with Gasteiger partial charge in [0.25, 0.3) is 5.91 Å². The summed E-state index contributed by atoms with van der Waals surface area (Å²) in [5.74, 6) is -4.83. The molecule has 2 aliphatic carbocycles. The van der Waals surface area contributed by atoms with Gasteiger partial charge in [-0.25, -0.2) is 9.59 Å². The number of nitrogens with two attached hydrogens (primary N) is 1. The largest absolute Gasteiger partial charge is 0.459 e. The summed E-state index contributed by atoms with van der Waals surface area (Å²) in [6.45, 7) is 10.6. The Balaban J connectivity index is 1.50. The summed E-state index contributed by atoms with van der Waals surface area (Å²) in [5, 5.41) is 8.04. The smallest absolute Gasteiger partial charge is 0.329 e. The lowest BCUT2D eigenvalue weighted by Gasteiger charge is -2.38. The van der Waals surface area contributed by atoms with Gasteiger partial charge in [-0.1, -0.05) is 84.7 Å². The fourth-order valence-electron chi connectivity index (χ4n) is 6.04. The molecule has 2 saturated carbocycles. The van der Waals surface area contributed by atoms with Crippen LogP contribution in [0.3, 0.4) is 0 Å². The van der Waals surface area contributed by atoms with Crippen molar-refractivity contribution in [1.29, 1.82) is 0 Å². The zero-order chi connectivity index (χ0) is 35.1. The highest BCUT2D eigenvalue weighted by atomic mass is 35.5. The van der Waals surface area contributed by atoms with E-state index in [2.05, 4.69) is 16.0 Å². The van der Waals surface area contributed by atoms with Gasteiger partial charge in [-0.3, -0.25) is 19.2 Å². The van der Waals surface area contributed by atoms with E-state index in [0.717, 1.165) is 18.4 Å². The standard InChI is InChI=1S/C33H45Cl2N5O7/c1-31(2,3)24(38-30(46)39-25(32(4,5)6)29(45)47-16-18-10-8-7-9-11-18)28(44)40-15-19-21(33(19,34)35)22(40)27(43)37-20(14-17-12-13-17)23(41)26(36)42/h7-11,17,19-22,24-25H,12-16H2,1-6H3,(H2,36,42)(H,37,43)(H2,38,39,46)/t19-,20?,21-,22-,24+,25+/m0/s1. The van der Waals surface area contributed by atoms with Gasteiger partial charge in [-0.2, -0.15) is 0 Å². The average Bonchev–Trinajstić information content (AvgIpc) is 3.83. The van der Waals surface area contributed by atoms with Gasteiger partial charge in [0.05, 0.1) is 6.04 Å². The van der Waals surface area contributed by atoms with Crippen molar-refractivity contribution in [1.82, 2.24) is 20.9 Å². The summed E-state index contributed by atoms with van der Waals surface area (Å²) in [7, 11) is 0. The van der Waals surface area contributed by atoms with E-state index in [-0.39, 0.29) is 25.5 Å². The Hall–Kier alpha value is -3.38. The summed E-state index contributed by atoms with van der Waals surface area (Å²) >= 11 is 13.0. The van der Waals surface area contributed by atoms with Gasteiger partial charge in [0, 0.05) is 18.4 Å². The molecule has 1 heterocycles. The maximum atomic E-state index is 14.2. The number of hydrogen-bond acceptors (Lipinski definition) is 7. The van der Waals surface area contributed by atoms with Crippen LogP contribution in [-0.2, 0) is 35.3 Å². The minimum Gasteiger partial charge on any atom is -0.459 e. The number of amides is 5. The number of ether oxygens (including phenoxy) is 1. The minimum atomic E-state index is -1.26. The molecule has 258 valence electrons. The Bertz CT molecular complexity index is 1400. The minimum absolute atomic E-state index is 0.0224. The second kappa shape index (κ2) is 13.6. The lowest BCUT2D eigenvalue weighted by Crippen LogP contribution is -2.62. The van der Waals surface area contributed by atoms with Crippen LogP contribution >= 0.6 is 23.2 Å². The number of halogens is 2. The van der Waals surface area contributed by atoms with Crippen molar-refractivity contribution in [3.63, 3.8) is 0 Å². The molecule has 5 amide bonds. The number of piperidine rings is 1. The molecule has 1 saturated heterocycles. The van der Waals surface area contributed by atoms with E-state index < -0.39 is 86.7 Å². The molecule has 5 N–H and O–H groups in total. The number of carbonyl (C=O) groups excluding carboxylic acids is 6. The first-order valence-corrected chi connectivity index (χ1v) is 16.6. The van der Waals surface area contributed by atoms with Crippen molar-refractivity contribution < 1.29 is 33.5 Å². The quantitative estimate of drug-likeness (QED) is 0.148. The highest BCUT2D eigenvalue weighted by Crippen LogP contribution is 2.65. The van der Waals surface area contributed by atoms with Crippen molar-refractivity contribution >= 4 is 58.7 Å². The number of esters is 1. The normalized spacial score (nSPS) is 23.4. The fraction of sp³-hybridized carbons (Fsp3) is 0.636. The zero-order valence-electron chi connectivity index (χ0n) is 27.6. The first kappa shape index (κ1) is 36.5. The second-order valence-electron chi connectivity index (χ2n) is 15.0. The number of fused-ring (bicyclic) bond motifs is 1. The third-order valence-corrected chi connectivity index (χ3v) is 10.1. The van der Waals surface area contributed by atoms with E-state index in [9.17, 15) is 28.8 Å². The zero-order valence-corrected chi connectivity index (χ0v) is 29.1. The molecule has 0 radical (unpaired) electrons. The monoisotopic (exact) mass is 693 g/mol. The molecule has 0 spiro atoms. The van der Waals surface area contributed by atoms with Crippen LogP contribution in [0.5, 0.6) is 0 Å². The number of benzene rings is 1. The number of likely N-dealkylation sites (tertiary alicyclic amines) is 1. The van der Waals surface area contributed by atoms with E-state index in [4.69, 9.17) is 33.7 Å². The van der Waals surface area contributed by atoms with E-state index in [1.807, 2.05) is 30.3 Å². The molecule has 6 atom stereocenters. The molecule has 0 bridgehead atoms. The first-order valence-electron chi connectivity index (χ1n) is 15.8. The molecule has 1 aliphatic heterocycles. The van der Waals surface area contributed by atoms with Gasteiger partial charge < -0.3 is 31.3 Å². The maximum absolute atomic E-state index is 14.2. The van der Waals surface area contributed by atoms with Crippen LogP contribution in [0.4, 0.5) is 4.79 Å². The lowest BCUT2D eigenvalue weighted by molar-refractivity contribution is -0.150. The van der Waals surface area contributed by atoms with Crippen LogP contribution in [0.2, 0.25) is 0 Å². The molecule has 47 heavy (non-hydrogen) atoms. The van der Waals surface area contributed by atoms with E-state index >= 15 is 0 Å². The molecule has 12 nitrogen and oxygen atoms in total. The van der Waals surface area contributed by atoms with Gasteiger partial charge in [0.2, 0.25) is 17.6 Å². The van der Waals surface area contributed by atoms with Gasteiger partial charge in [-0.15, -0.1) is 23.2 Å². The molecule has 4 rings (SSSR count). The number of urea groups is 1. The van der Waals surface area contributed by atoms with E-state index in [0.29, 0.717) is 0 Å². The molecule has 3 fully saturated rings. The van der Waals surface area contributed by atoms with Gasteiger partial charge in [0.15, 0.2) is 0 Å². The summed E-state index contributed by atoms with van der Waals surface area (Å²) < 4.78 is 4.24. The van der Waals surface area contributed by atoms with Crippen LogP contribution < -0.4 is 21.7 Å². The van der Waals surface area contributed by atoms with Crippen LogP contribution in [0.15, 0.2) is 30.3 Å². The van der Waals surface area contributed by atoms with Crippen LogP contribution in [0.25, 0.3) is 0 Å². The van der Waals surface area contributed by atoms with Crippen molar-refractivity contribution in [2.75, 3.05) is 6.54 Å². The van der Waals surface area contributed by atoms with Crippen molar-refractivity contribution in [3.05, 3.63) is 35.9 Å². The molecule has 0 aromatic heterocycles. The summed E-state index contributed by atoms with van der Waals surface area (Å²) in [5.41, 5.74) is 4.45. The first-order chi connectivity index (χ1) is 21.7. The van der Waals surface area contributed by atoms with E-state index in [1.54, 1.807) is 41.5 Å². The molecule has 3 aliphatic rings. The molecule has 14 heteroatoms. The Morgan fingerprint density at radius 3 is 2.04 bits per heavy atom. The van der Waals surface area contributed by atoms with Crippen LogP contribution in [0, 0.1) is 28.6 Å². The lowest BCUT2D eigenvalue weighted by atomic mass is 9.85. The molecular weight excluding hydrogens is 649 g/mol. The predicted octanol–water partition coefficient (Wildman–Crippen LogP) is 2.83. The number of nitrogens with one attached hydrogen (secondary N) is 3. The molecule has 1 aromatic carbocycles. The fourth-order valence-corrected chi connectivity index (χ4v) is 6.87. The molecular formula is C33H45Cl2N5O7. The Morgan fingerprint density at radius 1 is 0.936 bits per heavy atom. The number of primary amides is 1. The number of hydrogen-bond donors (Lipinski definition) is 4. The number of rotatable bonds is 12. The predicted molar refractivity (Wildman–Crippen MR) is 175 cm³/mol. The molecule has 1 aromatic rings. The maximum Gasteiger partial charge on any atom is 0.329 e. The number of ketones is 1. The average molecular weight is 695 g/mol. The van der Waals surface area contributed by atoms with E-state index in [1.165, 1.54) is 4.90 Å². The summed E-state index contributed by atoms with van der Waals surface area (Å²) in [6, 6.07) is 3.85. The van der Waals surface area contributed by atoms with Gasteiger partial charge in [0.1, 0.15) is 29.1 Å². The van der Waals surface area contributed by atoms with Gasteiger partial charge >= 0.3 is 12.0 Å². The van der Waals surface area contributed by atoms with Crippen molar-refractivity contribution in [2.45, 2.75) is 95.9 Å². The highest BCUT2D eigenvalue weighted by molar-refractivity contribution is 6.51. The SMILES string of the molecule is CC(C)(C)[C@H](NC(=O)N[C@H](C(=O)N1C[C@H]2[C@@H]([C@H]1C(=O)NC(CC1CC1)C(=O)C(N)=O)C2(Cl)Cl)C(C)(C)C)C(=O)OCc1ccccc1. The van der Waals surface area contributed by atoms with Gasteiger partial charge in [-0.05, 0) is 28.7 Å². The highest BCUT2D eigenvalue weighted by Gasteiger charge is 2.74. The topological polar surface area (TPSA) is 177 Å². The Labute approximate surface area is 285 Å². The van der Waals surface area contributed by atoms with Crippen molar-refractivity contribution in [3.8, 4) is 0 Å². The summed E-state index contributed by atoms with van der Waals surface area (Å²) in [6.07, 6.45) is 1.99. The molecule has 1 unspecified atom stereocenters. The number of alkyl halides is 2. The number of nitrogens with zero attached hydrogens (tertiary/aromatic N) is 1. The summed E-state index contributed by atoms with van der Waals surface area (Å²) in [4.78, 5) is 80.1. The van der Waals surface area contributed by atoms with Crippen LogP contribution in [0.1, 0.15) is 66.4 Å². The Morgan fingerprint density at radius 2 is 1.51 bits per heavy atom. The third kappa shape index (κ3) is 8.56. The van der Waals surface area contributed by atoms with Crippen LogP contribution in [-0.4, -0.2) is 75.5 Å². The van der Waals surface area contributed by atoms with Crippen molar-refractivity contribution in [2.24, 2.45) is 34.3 Å². The number of carbonyl (C=O) groups is 6. The third-order valence-electron chi connectivity index (χ3n) is 9.02. The Kier molecular flexibility index (Phi) is 10.6.